The molecule has 10 unspecified atom stereocenters. The van der Waals surface area contributed by atoms with E-state index in [2.05, 4.69) is 26.1 Å². The first kappa shape index (κ1) is 68.0. The van der Waals surface area contributed by atoms with Gasteiger partial charge in [0.25, 0.3) is 0 Å². The molecular weight excluding hydrogens is 793 g/mol. The maximum absolute atomic E-state index is 11.8. The molecule has 4 saturated heterocycles. The minimum atomic E-state index is -0.326. The van der Waals surface area contributed by atoms with E-state index in [0.29, 0.717) is 50.6 Å². The van der Waals surface area contributed by atoms with Crippen molar-refractivity contribution in [1.29, 1.82) is 0 Å². The smallest absolute Gasteiger partial charge is 0.246 e. The van der Waals surface area contributed by atoms with Gasteiger partial charge in [-0.2, -0.15) is 0 Å². The van der Waals surface area contributed by atoms with Crippen molar-refractivity contribution in [2.45, 2.75) is 129 Å². The van der Waals surface area contributed by atoms with E-state index in [1.165, 1.54) is 0 Å². The lowest BCUT2D eigenvalue weighted by molar-refractivity contribution is -0.135. The van der Waals surface area contributed by atoms with Gasteiger partial charge in [0.05, 0.1) is 63.2 Å². The highest BCUT2D eigenvalue weighted by atomic mass is 16.5. The number of hydrogen-bond donors (Lipinski definition) is 2. The lowest BCUT2D eigenvalue weighted by Crippen LogP contribution is -2.34. The van der Waals surface area contributed by atoms with Crippen molar-refractivity contribution < 1.29 is 48.0 Å². The van der Waals surface area contributed by atoms with Gasteiger partial charge < -0.3 is 49.0 Å². The first-order chi connectivity index (χ1) is 26.4. The maximum Gasteiger partial charge on any atom is 0.246 e. The number of likely N-dealkylation sites (N-methyl/N-ethyl adjacent to an activating group) is 4. The van der Waals surface area contributed by atoms with Crippen molar-refractivity contribution >= 4 is 37.9 Å². The number of ether oxygens (including phenoxy) is 4. The van der Waals surface area contributed by atoms with Crippen LogP contribution in [0.4, 0.5) is 0 Å². The number of amides is 5. The van der Waals surface area contributed by atoms with E-state index in [0.717, 1.165) is 0 Å². The number of nitrogens with one attached hydrogen (secondary N) is 1. The molecule has 5 amide bonds. The molecule has 2 N–H and O–H groups in total. The van der Waals surface area contributed by atoms with E-state index in [4.69, 9.17) is 24.1 Å². The quantitative estimate of drug-likeness (QED) is 0.310. The molecule has 0 bridgehead atoms. The molecule has 5 heterocycles. The second kappa shape index (κ2) is 30.2. The zero-order chi connectivity index (χ0) is 44.2. The monoisotopic (exact) mass is 887 g/mol. The Morgan fingerprint density at radius 3 is 1.42 bits per heavy atom. The number of hydrogen-bond acceptors (Lipinski definition) is 10. The van der Waals surface area contributed by atoms with Crippen molar-refractivity contribution in [2.75, 3.05) is 89.7 Å². The molecule has 0 spiro atoms. The normalized spacial score (nSPS) is 29.7. The summed E-state index contributed by atoms with van der Waals surface area (Å²) in [7, 11) is 14.0. The minimum Gasteiger partial charge on any atom is -0.394 e. The SMILES string of the molecule is C.C.C.C.CC1C(CO)NC(=O)C1(C)C.COCC1C(C)C(C)(C)C(=O)N1C.COCC1C(C)C(C)C(=O)N1C.COCC1C(C)CC(=O)N1C.COCC1C=CC(=O)N1C.[B]. The number of aliphatic hydroxyl groups excluding tert-OH is 1. The molecule has 3 radical (unpaired) electrons. The first-order valence-electron chi connectivity index (χ1n) is 20.1. The van der Waals surface area contributed by atoms with Crippen LogP contribution >= 0.6 is 0 Å². The van der Waals surface area contributed by atoms with Crippen LogP contribution in [0.2, 0.25) is 0 Å². The van der Waals surface area contributed by atoms with Gasteiger partial charge in [0.2, 0.25) is 29.5 Å². The Morgan fingerprint density at radius 1 is 0.661 bits per heavy atom. The fraction of sp³-hybridized carbons (Fsp3) is 0.848. The van der Waals surface area contributed by atoms with Gasteiger partial charge in [-0.3, -0.25) is 24.0 Å². The van der Waals surface area contributed by atoms with Crippen LogP contribution in [0, 0.1) is 40.4 Å². The van der Waals surface area contributed by atoms with E-state index in [1.54, 1.807) is 56.3 Å². The van der Waals surface area contributed by atoms with Crippen LogP contribution in [0.3, 0.4) is 0 Å². The van der Waals surface area contributed by atoms with Gasteiger partial charge >= 0.3 is 0 Å². The molecule has 0 saturated carbocycles. The van der Waals surface area contributed by atoms with Gasteiger partial charge in [0.1, 0.15) is 0 Å². The molecule has 0 aromatic heterocycles. The van der Waals surface area contributed by atoms with Crippen LogP contribution in [-0.2, 0) is 42.9 Å². The van der Waals surface area contributed by atoms with Crippen LogP contribution in [-0.4, -0.2) is 183 Å². The summed E-state index contributed by atoms with van der Waals surface area (Å²) in [5.74, 6) is 2.35. The third kappa shape index (κ3) is 16.5. The minimum absolute atomic E-state index is 0. The Hall–Kier alpha value is -3.05. The second-order valence-electron chi connectivity index (χ2n) is 17.4. The summed E-state index contributed by atoms with van der Waals surface area (Å²) in [4.78, 5) is 63.6. The highest BCUT2D eigenvalue weighted by Gasteiger charge is 2.49. The highest BCUT2D eigenvalue weighted by Crippen LogP contribution is 2.40. The van der Waals surface area contributed by atoms with E-state index in [-0.39, 0.29) is 127 Å². The van der Waals surface area contributed by atoms with E-state index < -0.39 is 0 Å². The van der Waals surface area contributed by atoms with Gasteiger partial charge in [-0.25, -0.2) is 0 Å². The molecule has 5 aliphatic heterocycles. The molecule has 5 rings (SSSR count). The van der Waals surface area contributed by atoms with Crippen molar-refractivity contribution in [3.63, 3.8) is 0 Å². The van der Waals surface area contributed by atoms with E-state index in [1.807, 2.05) is 73.7 Å². The molecule has 5 aliphatic rings. The Labute approximate surface area is 380 Å². The number of methoxy groups -OCH3 is 4. The predicted octanol–water partition coefficient (Wildman–Crippen LogP) is 4.71. The first-order valence-corrected chi connectivity index (χ1v) is 20.1. The molecule has 4 fully saturated rings. The van der Waals surface area contributed by atoms with Gasteiger partial charge in [0, 0.05) is 94.3 Å². The van der Waals surface area contributed by atoms with Gasteiger partial charge in [-0.1, -0.05) is 98.1 Å². The summed E-state index contributed by atoms with van der Waals surface area (Å²) in [6, 6.07) is 0.854. The zero-order valence-electron chi connectivity index (χ0n) is 38.7. The molecule has 16 heteroatoms. The molecule has 10 atom stereocenters. The number of aliphatic hydroxyl groups is 1. The average Bonchev–Trinajstić information content (AvgIpc) is 3.79. The highest BCUT2D eigenvalue weighted by molar-refractivity contribution is 5.90. The Morgan fingerprint density at radius 2 is 1.13 bits per heavy atom. The lowest BCUT2D eigenvalue weighted by atomic mass is 9.80. The molecule has 0 aliphatic carbocycles. The van der Waals surface area contributed by atoms with Crippen molar-refractivity contribution in [3.05, 3.63) is 12.2 Å². The topological polar surface area (TPSA) is 167 Å². The summed E-state index contributed by atoms with van der Waals surface area (Å²) in [5, 5.41) is 11.6. The van der Waals surface area contributed by atoms with Crippen molar-refractivity contribution in [3.8, 4) is 0 Å². The zero-order valence-corrected chi connectivity index (χ0v) is 38.7. The number of rotatable bonds is 9. The van der Waals surface area contributed by atoms with Crippen molar-refractivity contribution in [1.82, 2.24) is 24.9 Å². The third-order valence-electron chi connectivity index (χ3n) is 13.3. The predicted molar refractivity (Wildman–Crippen MR) is 253 cm³/mol. The molecule has 0 aromatic rings. The van der Waals surface area contributed by atoms with Gasteiger partial charge in [-0.05, 0) is 23.7 Å². The summed E-state index contributed by atoms with van der Waals surface area (Å²) < 4.78 is 20.1. The molecule has 62 heavy (non-hydrogen) atoms. The van der Waals surface area contributed by atoms with Crippen molar-refractivity contribution in [2.24, 2.45) is 40.4 Å². The van der Waals surface area contributed by atoms with Crippen LogP contribution in [0.25, 0.3) is 0 Å². The van der Waals surface area contributed by atoms with Crippen LogP contribution in [0.15, 0.2) is 12.2 Å². The fourth-order valence-electron chi connectivity index (χ4n) is 7.78. The Kier molecular flexibility index (Phi) is 33.1. The summed E-state index contributed by atoms with van der Waals surface area (Å²) in [6.45, 7) is 20.7. The number of nitrogens with zero attached hydrogens (tertiary/aromatic N) is 4. The average molecular weight is 887 g/mol. The van der Waals surface area contributed by atoms with Crippen LogP contribution in [0.5, 0.6) is 0 Å². The molecular formula is C46H93BN5O10. The van der Waals surface area contributed by atoms with Gasteiger partial charge in [0.15, 0.2) is 0 Å². The van der Waals surface area contributed by atoms with Crippen LogP contribution in [0.1, 0.15) is 98.4 Å². The fourth-order valence-corrected chi connectivity index (χ4v) is 7.78. The van der Waals surface area contributed by atoms with E-state index in [9.17, 15) is 24.0 Å². The summed E-state index contributed by atoms with van der Waals surface area (Å²) in [6.07, 6.45) is 4.10. The largest absolute Gasteiger partial charge is 0.394 e. The summed E-state index contributed by atoms with van der Waals surface area (Å²) >= 11 is 0. The lowest BCUT2D eigenvalue weighted by Gasteiger charge is -2.23. The number of carbonyl (C=O) groups is 5. The number of carbonyl (C=O) groups excluding carboxylic acids is 5. The van der Waals surface area contributed by atoms with Gasteiger partial charge in [-0.15, -0.1) is 0 Å². The molecule has 365 valence electrons. The molecule has 15 nitrogen and oxygen atoms in total. The second-order valence-corrected chi connectivity index (χ2v) is 17.4. The Bertz CT molecular complexity index is 1370. The Balaban J connectivity index is -0.000000215. The number of likely N-dealkylation sites (tertiary alicyclic amines) is 3. The third-order valence-corrected chi connectivity index (χ3v) is 13.3. The maximum atomic E-state index is 11.8. The standard InChI is InChI=1S/C10H19NO2.C9H17NO2.2C8H15NO2.C7H11NO2.4CH4.B/c1-7-8(6-13-5)11(4)9(12)10(7,2)3;1-6-7(2)9(11)10(3)8(6)5-12-4;1-6-4-8(10)9(2)7(6)5-11-3;1-5-6(4-10)9-7(11)8(5,2)3;1-8-6(5-10-2)3-4-7(8)9;;;;;/h7-8H,6H2,1-5H3;6-8H,5H2,1-4H3;6-7H,4-5H2,1-3H3;5-6,10H,4H2,1-3H3,(H,9,11);3-4,6H,5H2,1-2H3;4*1H4;. The van der Waals surface area contributed by atoms with Crippen LogP contribution < -0.4 is 5.32 Å². The van der Waals surface area contributed by atoms with E-state index >= 15 is 0 Å². The molecule has 0 aromatic carbocycles. The summed E-state index contributed by atoms with van der Waals surface area (Å²) in [5.41, 5.74) is -0.564.